The Balaban J connectivity index is 4.27. The minimum absolute atomic E-state index is 0.0947. The second-order valence-corrected chi connectivity index (χ2v) is 4.18. The zero-order chi connectivity index (χ0) is 10.5. The second kappa shape index (κ2) is 5.33. The van der Waals surface area contributed by atoms with Gasteiger partial charge < -0.3 is 9.66 Å². The number of rotatable bonds is 6. The first-order chi connectivity index (χ1) is 5.89. The van der Waals surface area contributed by atoms with Crippen molar-refractivity contribution in [3.63, 3.8) is 0 Å². The molecule has 0 rings (SSSR count). The van der Waals surface area contributed by atoms with Gasteiger partial charge in [0.05, 0.1) is 13.2 Å². The van der Waals surface area contributed by atoms with Crippen molar-refractivity contribution in [2.24, 2.45) is 5.41 Å². The largest absolute Gasteiger partial charge is 0.726 e. The summed E-state index contributed by atoms with van der Waals surface area (Å²) in [6.07, 6.45) is 0. The van der Waals surface area contributed by atoms with E-state index in [1.807, 2.05) is 0 Å². The molecule has 0 atom stereocenters. The molecule has 8 heteroatoms. The fourth-order valence-corrected chi connectivity index (χ4v) is 1.44. The van der Waals surface area contributed by atoms with Crippen LogP contribution in [0.2, 0.25) is 0 Å². The highest BCUT2D eigenvalue weighted by molar-refractivity contribution is 7.80. The Labute approximate surface area is 86.6 Å². The molecule has 0 aliphatic heterocycles. The summed E-state index contributed by atoms with van der Waals surface area (Å²) >= 11 is 10.9. The summed E-state index contributed by atoms with van der Waals surface area (Å²) in [6.45, 7) is -0.960. The van der Waals surface area contributed by atoms with Crippen molar-refractivity contribution in [3.05, 3.63) is 0 Å². The highest BCUT2D eigenvalue weighted by Gasteiger charge is 2.29. The number of halogens is 2. The van der Waals surface area contributed by atoms with Gasteiger partial charge in [0.1, 0.15) is 0 Å². The minimum Gasteiger partial charge on any atom is -0.726 e. The zero-order valence-corrected chi connectivity index (χ0v) is 8.90. The van der Waals surface area contributed by atoms with Gasteiger partial charge in [0, 0.05) is 17.2 Å². The Morgan fingerprint density at radius 1 is 1.38 bits per heavy atom. The number of aliphatic hydroxyl groups is 1. The van der Waals surface area contributed by atoms with Crippen molar-refractivity contribution in [1.82, 2.24) is 0 Å². The van der Waals surface area contributed by atoms with E-state index < -0.39 is 29.0 Å². The summed E-state index contributed by atoms with van der Waals surface area (Å²) < 4.78 is 34.2. The molecule has 0 aliphatic carbocycles. The van der Waals surface area contributed by atoms with Crippen LogP contribution in [0.15, 0.2) is 0 Å². The molecule has 0 heterocycles. The summed E-state index contributed by atoms with van der Waals surface area (Å²) in [5, 5.41) is 8.83. The molecule has 0 saturated carbocycles. The van der Waals surface area contributed by atoms with Crippen LogP contribution in [0.25, 0.3) is 0 Å². The van der Waals surface area contributed by atoms with Gasteiger partial charge in [-0.25, -0.2) is 8.42 Å². The van der Waals surface area contributed by atoms with E-state index in [1.165, 1.54) is 0 Å². The van der Waals surface area contributed by atoms with Crippen molar-refractivity contribution in [3.8, 4) is 0 Å². The third-order valence-electron chi connectivity index (χ3n) is 1.41. The summed E-state index contributed by atoms with van der Waals surface area (Å²) in [4.78, 5) is 0. The van der Waals surface area contributed by atoms with E-state index in [0.29, 0.717) is 0 Å². The number of hydrogen-bond acceptors (Lipinski definition) is 5. The molecule has 0 bridgehead atoms. The van der Waals surface area contributed by atoms with Crippen LogP contribution in [0.1, 0.15) is 0 Å². The molecular weight excluding hydrogens is 243 g/mol. The molecule has 0 spiro atoms. The van der Waals surface area contributed by atoms with Gasteiger partial charge in [-0.1, -0.05) is 0 Å². The molecule has 0 unspecified atom stereocenters. The lowest BCUT2D eigenvalue weighted by atomic mass is 9.96. The third-order valence-corrected chi connectivity index (χ3v) is 2.95. The predicted octanol–water partition coefficient (Wildman–Crippen LogP) is -0.0805. The van der Waals surface area contributed by atoms with E-state index in [1.54, 1.807) is 0 Å². The highest BCUT2D eigenvalue weighted by Crippen LogP contribution is 2.21. The standard InChI is InChI=1S/C5H10Cl2O5S/c6-1-5(2-7,3-8)4-12-13(9,10)11/h8H,1-4H2,(H,9,10,11)/p-1. The summed E-state index contributed by atoms with van der Waals surface area (Å²) in [7, 11) is -4.77. The first-order valence-electron chi connectivity index (χ1n) is 3.22. The maximum absolute atomic E-state index is 10.1. The Kier molecular flexibility index (Phi) is 5.50. The summed E-state index contributed by atoms with van der Waals surface area (Å²) in [5.41, 5.74) is -1.08. The average Bonchev–Trinajstić information content (AvgIpc) is 2.06. The summed E-state index contributed by atoms with van der Waals surface area (Å²) in [6, 6.07) is 0. The number of hydrogen-bond donors (Lipinski definition) is 1. The zero-order valence-electron chi connectivity index (χ0n) is 6.57. The normalized spacial score (nSPS) is 13.2. The fraction of sp³-hybridized carbons (Fsp3) is 1.00. The van der Waals surface area contributed by atoms with E-state index >= 15 is 0 Å². The topological polar surface area (TPSA) is 86.7 Å². The molecule has 0 aliphatic rings. The Bertz CT molecular complexity index is 227. The van der Waals surface area contributed by atoms with Gasteiger partial charge in [-0.3, -0.25) is 4.18 Å². The quantitative estimate of drug-likeness (QED) is 0.406. The van der Waals surface area contributed by atoms with Crippen LogP contribution in [0.4, 0.5) is 0 Å². The predicted molar refractivity (Wildman–Crippen MR) is 46.6 cm³/mol. The number of aliphatic hydroxyl groups excluding tert-OH is 1. The van der Waals surface area contributed by atoms with Crippen LogP contribution < -0.4 is 0 Å². The van der Waals surface area contributed by atoms with Crippen molar-refractivity contribution in [1.29, 1.82) is 0 Å². The molecule has 0 fully saturated rings. The maximum atomic E-state index is 10.1. The van der Waals surface area contributed by atoms with E-state index in [9.17, 15) is 13.0 Å². The first-order valence-corrected chi connectivity index (χ1v) is 5.62. The van der Waals surface area contributed by atoms with Crippen LogP contribution in [-0.2, 0) is 14.6 Å². The SMILES string of the molecule is O=S(=O)([O-])OCC(CO)(CCl)CCl. The molecule has 80 valence electrons. The molecule has 1 N–H and O–H groups in total. The van der Waals surface area contributed by atoms with Gasteiger partial charge in [-0.15, -0.1) is 23.2 Å². The molecule has 0 saturated heterocycles. The Hall–Kier alpha value is 0.410. The van der Waals surface area contributed by atoms with Crippen molar-refractivity contribution < 1.29 is 22.3 Å². The molecule has 13 heavy (non-hydrogen) atoms. The van der Waals surface area contributed by atoms with Crippen LogP contribution in [0, 0.1) is 5.41 Å². The monoisotopic (exact) mass is 251 g/mol. The van der Waals surface area contributed by atoms with Gasteiger partial charge in [-0.05, 0) is 0 Å². The molecule has 0 amide bonds. The number of alkyl halides is 2. The van der Waals surface area contributed by atoms with Gasteiger partial charge in [0.25, 0.3) is 0 Å². The van der Waals surface area contributed by atoms with Gasteiger partial charge >= 0.3 is 0 Å². The van der Waals surface area contributed by atoms with Crippen LogP contribution in [-0.4, -0.2) is 43.1 Å². The van der Waals surface area contributed by atoms with E-state index in [-0.39, 0.29) is 11.8 Å². The lowest BCUT2D eigenvalue weighted by molar-refractivity contribution is 0.0982. The molecule has 5 nitrogen and oxygen atoms in total. The lowest BCUT2D eigenvalue weighted by Crippen LogP contribution is -2.36. The maximum Gasteiger partial charge on any atom is 0.217 e. The van der Waals surface area contributed by atoms with E-state index in [4.69, 9.17) is 28.3 Å². The average molecular weight is 252 g/mol. The smallest absolute Gasteiger partial charge is 0.217 e. The Morgan fingerprint density at radius 2 is 1.85 bits per heavy atom. The highest BCUT2D eigenvalue weighted by atomic mass is 35.5. The fourth-order valence-electron chi connectivity index (χ4n) is 0.440. The first kappa shape index (κ1) is 13.4. The Morgan fingerprint density at radius 3 is 2.08 bits per heavy atom. The molecule has 0 aromatic rings. The second-order valence-electron chi connectivity index (χ2n) is 2.60. The molecule has 0 aromatic carbocycles. The van der Waals surface area contributed by atoms with Gasteiger partial charge in [0.2, 0.25) is 10.4 Å². The lowest BCUT2D eigenvalue weighted by Gasteiger charge is -2.26. The summed E-state index contributed by atoms with van der Waals surface area (Å²) in [5.74, 6) is -0.189. The molecule has 0 aromatic heterocycles. The van der Waals surface area contributed by atoms with Crippen LogP contribution in [0.3, 0.4) is 0 Å². The minimum atomic E-state index is -4.77. The van der Waals surface area contributed by atoms with Gasteiger partial charge in [-0.2, -0.15) is 0 Å². The molecule has 0 radical (unpaired) electrons. The van der Waals surface area contributed by atoms with E-state index in [2.05, 4.69) is 4.18 Å². The van der Waals surface area contributed by atoms with Crippen molar-refractivity contribution >= 4 is 33.6 Å². The van der Waals surface area contributed by atoms with E-state index in [0.717, 1.165) is 0 Å². The van der Waals surface area contributed by atoms with Crippen molar-refractivity contribution in [2.75, 3.05) is 25.0 Å². The third kappa shape index (κ3) is 4.99. The van der Waals surface area contributed by atoms with Crippen molar-refractivity contribution in [2.45, 2.75) is 0 Å². The van der Waals surface area contributed by atoms with Crippen LogP contribution >= 0.6 is 23.2 Å². The van der Waals surface area contributed by atoms with Crippen LogP contribution in [0.5, 0.6) is 0 Å². The van der Waals surface area contributed by atoms with Gasteiger partial charge in [0.15, 0.2) is 0 Å². The molecular formula is C5H9Cl2O5S-.